The number of benzene rings is 2. The van der Waals surface area contributed by atoms with E-state index in [0.29, 0.717) is 0 Å². The van der Waals surface area contributed by atoms with Crippen molar-refractivity contribution in [1.29, 1.82) is 0 Å². The zero-order valence-corrected chi connectivity index (χ0v) is 23.8. The topological polar surface area (TPSA) is 18.5 Å². The quantitative estimate of drug-likeness (QED) is 0.0911. The molecule has 2 aromatic rings. The number of unbranched alkanes of at least 4 members (excludes halogenated alkanes) is 10. The minimum atomic E-state index is 0.211. The summed E-state index contributed by atoms with van der Waals surface area (Å²) in [4.78, 5) is 0. The highest BCUT2D eigenvalue weighted by Crippen LogP contribution is 2.21. The van der Waals surface area contributed by atoms with Crippen LogP contribution in [-0.4, -0.2) is 19.9 Å². The Bertz CT molecular complexity index is 891. The molecule has 2 aromatic carbocycles. The van der Waals surface area contributed by atoms with Gasteiger partial charge in [0.25, 0.3) is 0 Å². The maximum absolute atomic E-state index is 6.33. The van der Waals surface area contributed by atoms with E-state index in [4.69, 9.17) is 9.47 Å². The first-order chi connectivity index (χ1) is 18.2. The minimum Gasteiger partial charge on any atom is -0.494 e. The molecule has 3 heteroatoms. The van der Waals surface area contributed by atoms with E-state index in [0.717, 1.165) is 50.3 Å². The van der Waals surface area contributed by atoms with Crippen molar-refractivity contribution in [1.82, 2.24) is 0 Å². The molecule has 0 saturated carbocycles. The van der Waals surface area contributed by atoms with Crippen molar-refractivity contribution >= 4 is 17.6 Å². The number of hydrogen-bond acceptors (Lipinski definition) is 2. The predicted octanol–water partition coefficient (Wildman–Crippen LogP) is 8.69. The molecule has 0 amide bonds. The molecular weight excluding hydrogens is 451 g/mol. The zero-order valence-electron chi connectivity index (χ0n) is 23.8. The second kappa shape index (κ2) is 19.7. The van der Waals surface area contributed by atoms with E-state index in [1.165, 1.54) is 80.7 Å². The maximum Gasteiger partial charge on any atom is 0.213 e. The van der Waals surface area contributed by atoms with E-state index in [9.17, 15) is 0 Å². The third-order valence-corrected chi connectivity index (χ3v) is 7.08. The van der Waals surface area contributed by atoms with Crippen LogP contribution in [0, 0.1) is 0 Å². The largest absolute Gasteiger partial charge is 0.494 e. The standard InChI is InChI=1S/C34H51BO2/c1-5-9-11-13-15-17-27-36-31-23-19-22-30(29-31)35(26-8-4)33-24-20-25-34(32(33)21-7-3)37-28-18-16-14-12-10-6-2/h7-8,19-20,22-25,29H,3-6,9-18,21,26-28H2,1-2H3. The average molecular weight is 503 g/mol. The van der Waals surface area contributed by atoms with E-state index in [2.05, 4.69) is 69.5 Å². The smallest absolute Gasteiger partial charge is 0.213 e. The van der Waals surface area contributed by atoms with Crippen LogP contribution in [0.15, 0.2) is 67.8 Å². The summed E-state index contributed by atoms with van der Waals surface area (Å²) in [6, 6.07) is 15.1. The lowest BCUT2D eigenvalue weighted by atomic mass is 9.38. The van der Waals surface area contributed by atoms with Gasteiger partial charge in [0.05, 0.1) is 13.2 Å². The predicted molar refractivity (Wildman–Crippen MR) is 165 cm³/mol. The number of rotatable bonds is 22. The Balaban J connectivity index is 2.09. The van der Waals surface area contributed by atoms with Crippen LogP contribution < -0.4 is 20.4 Å². The van der Waals surface area contributed by atoms with Crippen LogP contribution in [0.5, 0.6) is 11.5 Å². The number of allylic oxidation sites excluding steroid dienone is 2. The molecule has 0 spiro atoms. The molecule has 0 radical (unpaired) electrons. The molecule has 0 N–H and O–H groups in total. The summed E-state index contributed by atoms with van der Waals surface area (Å²) in [6.45, 7) is 14.4. The lowest BCUT2D eigenvalue weighted by Gasteiger charge is -2.20. The van der Waals surface area contributed by atoms with Gasteiger partial charge in [0.1, 0.15) is 11.5 Å². The van der Waals surface area contributed by atoms with Crippen LogP contribution in [0.25, 0.3) is 0 Å². The first-order valence-corrected chi connectivity index (χ1v) is 14.9. The summed E-state index contributed by atoms with van der Waals surface area (Å²) >= 11 is 0. The Labute approximate surface area is 228 Å². The van der Waals surface area contributed by atoms with Crippen LogP contribution in [0.2, 0.25) is 6.32 Å². The van der Waals surface area contributed by atoms with Gasteiger partial charge in [-0.2, -0.15) is 0 Å². The van der Waals surface area contributed by atoms with Crippen molar-refractivity contribution in [3.05, 3.63) is 73.3 Å². The van der Waals surface area contributed by atoms with Gasteiger partial charge in [0.15, 0.2) is 0 Å². The fraction of sp³-hybridized carbons (Fsp3) is 0.529. The lowest BCUT2D eigenvalue weighted by Crippen LogP contribution is -2.43. The number of hydrogen-bond donors (Lipinski definition) is 0. The van der Waals surface area contributed by atoms with Gasteiger partial charge in [0, 0.05) is 0 Å². The SMILES string of the molecule is C=CCB(c1cccc(OCCCCCCCC)c1)c1cccc(OCCCCCCCC)c1CC=C. The van der Waals surface area contributed by atoms with E-state index < -0.39 is 0 Å². The monoisotopic (exact) mass is 502 g/mol. The summed E-state index contributed by atoms with van der Waals surface area (Å²) in [6.07, 6.45) is 20.9. The highest BCUT2D eigenvalue weighted by atomic mass is 16.5. The Morgan fingerprint density at radius 2 is 1.32 bits per heavy atom. The van der Waals surface area contributed by atoms with Crippen molar-refractivity contribution in [2.24, 2.45) is 0 Å². The highest BCUT2D eigenvalue weighted by molar-refractivity contribution is 6.85. The molecule has 0 unspecified atom stereocenters. The fourth-order valence-corrected chi connectivity index (χ4v) is 4.97. The van der Waals surface area contributed by atoms with Gasteiger partial charge < -0.3 is 9.47 Å². The zero-order chi connectivity index (χ0) is 26.6. The van der Waals surface area contributed by atoms with Gasteiger partial charge in [-0.05, 0) is 49.3 Å². The summed E-state index contributed by atoms with van der Waals surface area (Å²) in [5.74, 6) is 1.95. The first kappa shape index (κ1) is 30.8. The summed E-state index contributed by atoms with van der Waals surface area (Å²) in [5.41, 5.74) is 3.81. The molecular formula is C34H51BO2. The fourth-order valence-electron chi connectivity index (χ4n) is 4.97. The second-order valence-electron chi connectivity index (χ2n) is 10.2. The van der Waals surface area contributed by atoms with Crippen molar-refractivity contribution < 1.29 is 9.47 Å². The summed E-state index contributed by atoms with van der Waals surface area (Å²) in [7, 11) is 0. The Morgan fingerprint density at radius 1 is 0.703 bits per heavy atom. The molecule has 37 heavy (non-hydrogen) atoms. The third-order valence-electron chi connectivity index (χ3n) is 7.08. The van der Waals surface area contributed by atoms with Crippen molar-refractivity contribution in [2.75, 3.05) is 13.2 Å². The van der Waals surface area contributed by atoms with Gasteiger partial charge >= 0.3 is 0 Å². The van der Waals surface area contributed by atoms with Crippen LogP contribution in [0.3, 0.4) is 0 Å². The molecule has 0 heterocycles. The molecule has 202 valence electrons. The van der Waals surface area contributed by atoms with Crippen LogP contribution in [-0.2, 0) is 6.42 Å². The molecule has 0 saturated heterocycles. The molecule has 2 nitrogen and oxygen atoms in total. The first-order valence-electron chi connectivity index (χ1n) is 14.9. The van der Waals surface area contributed by atoms with Gasteiger partial charge in [-0.1, -0.05) is 125 Å². The molecule has 0 atom stereocenters. The van der Waals surface area contributed by atoms with E-state index in [1.54, 1.807) is 0 Å². The van der Waals surface area contributed by atoms with Gasteiger partial charge in [0.2, 0.25) is 6.71 Å². The van der Waals surface area contributed by atoms with Crippen molar-refractivity contribution in [3.63, 3.8) is 0 Å². The molecule has 0 fully saturated rings. The second-order valence-corrected chi connectivity index (χ2v) is 10.2. The summed E-state index contributed by atoms with van der Waals surface area (Å²) in [5, 5.41) is 0. The Hall–Kier alpha value is -2.42. The minimum absolute atomic E-state index is 0.211. The van der Waals surface area contributed by atoms with Crippen LogP contribution >= 0.6 is 0 Å². The van der Waals surface area contributed by atoms with Crippen molar-refractivity contribution in [3.8, 4) is 11.5 Å². The van der Waals surface area contributed by atoms with E-state index in [-0.39, 0.29) is 6.71 Å². The van der Waals surface area contributed by atoms with Crippen molar-refractivity contribution in [2.45, 2.75) is 104 Å². The molecule has 2 rings (SSSR count). The molecule has 0 aliphatic heterocycles. The normalized spacial score (nSPS) is 10.8. The molecule has 0 aromatic heterocycles. The van der Waals surface area contributed by atoms with Crippen LogP contribution in [0.1, 0.15) is 96.5 Å². The Morgan fingerprint density at radius 3 is 1.97 bits per heavy atom. The average Bonchev–Trinajstić information content (AvgIpc) is 2.92. The Kier molecular flexibility index (Phi) is 16.4. The number of ether oxygens (including phenoxy) is 2. The molecule has 0 bridgehead atoms. The van der Waals surface area contributed by atoms with E-state index in [1.807, 2.05) is 12.2 Å². The molecule has 0 aliphatic carbocycles. The maximum atomic E-state index is 6.33. The molecule has 0 aliphatic rings. The van der Waals surface area contributed by atoms with Gasteiger partial charge in [-0.15, -0.1) is 13.2 Å². The lowest BCUT2D eigenvalue weighted by molar-refractivity contribution is 0.302. The highest BCUT2D eigenvalue weighted by Gasteiger charge is 2.23. The van der Waals surface area contributed by atoms with Crippen LogP contribution in [0.4, 0.5) is 0 Å². The van der Waals surface area contributed by atoms with Gasteiger partial charge in [-0.25, -0.2) is 0 Å². The van der Waals surface area contributed by atoms with Gasteiger partial charge in [-0.3, -0.25) is 0 Å². The summed E-state index contributed by atoms with van der Waals surface area (Å²) < 4.78 is 12.5. The third kappa shape index (κ3) is 11.7. The van der Waals surface area contributed by atoms with E-state index >= 15 is 0 Å².